The van der Waals surface area contributed by atoms with Gasteiger partial charge < -0.3 is 14.0 Å². The normalized spacial score (nSPS) is 18.6. The van der Waals surface area contributed by atoms with E-state index in [4.69, 9.17) is 9.47 Å². The largest absolute Gasteiger partial charge is 0.487 e. The average Bonchev–Trinajstić information content (AvgIpc) is 3.32. The van der Waals surface area contributed by atoms with Gasteiger partial charge in [-0.25, -0.2) is 4.98 Å². The Morgan fingerprint density at radius 2 is 2.03 bits per heavy atom. The van der Waals surface area contributed by atoms with Crippen LogP contribution in [0.1, 0.15) is 61.9 Å². The Kier molecular flexibility index (Phi) is 9.15. The summed E-state index contributed by atoms with van der Waals surface area (Å²) < 4.78 is 37.7. The zero-order valence-electron chi connectivity index (χ0n) is 22.7. The minimum Gasteiger partial charge on any atom is -0.487 e. The molecule has 3 aromatic rings. The fourth-order valence-electron chi connectivity index (χ4n) is 4.86. The zero-order valence-corrected chi connectivity index (χ0v) is 23.5. The van der Waals surface area contributed by atoms with E-state index in [1.165, 1.54) is 0 Å². The number of nitrogens with zero attached hydrogens (tertiary/aromatic N) is 3. The predicted molar refractivity (Wildman–Crippen MR) is 149 cm³/mol. The van der Waals surface area contributed by atoms with Crippen LogP contribution in [0, 0.1) is 6.92 Å². The van der Waals surface area contributed by atoms with Crippen LogP contribution in [0.15, 0.2) is 59.9 Å². The number of aromatic nitrogens is 2. The highest BCUT2D eigenvalue weighted by molar-refractivity contribution is 8.22. The standard InChI is InChI=1S/C29H39N3O5S/c1-5-31-19-26(30-20-31)14-13-24(16-29(33)36-6-2)23-12-11-21(3)25(15-23)18-32-17-22(4)37-27-9-7-8-10-28(27)38(32,34)35/h7-12,15,19-20,22,24,34-35H,5-6,13-14,16-18H2,1-4H3. The summed E-state index contributed by atoms with van der Waals surface area (Å²) in [5.41, 5.74) is 4.06. The highest BCUT2D eigenvalue weighted by Gasteiger charge is 2.34. The molecule has 0 bridgehead atoms. The molecular weight excluding hydrogens is 502 g/mol. The van der Waals surface area contributed by atoms with Crippen molar-refractivity contribution in [3.8, 4) is 5.75 Å². The van der Waals surface area contributed by atoms with Gasteiger partial charge in [0, 0.05) is 19.3 Å². The van der Waals surface area contributed by atoms with E-state index in [-0.39, 0.29) is 24.4 Å². The Morgan fingerprint density at radius 1 is 1.24 bits per heavy atom. The van der Waals surface area contributed by atoms with Crippen LogP contribution in [0.4, 0.5) is 0 Å². The molecule has 2 atom stereocenters. The molecule has 2 heterocycles. The summed E-state index contributed by atoms with van der Waals surface area (Å²) >= 11 is 0. The molecule has 8 nitrogen and oxygen atoms in total. The lowest BCUT2D eigenvalue weighted by atomic mass is 9.88. The number of carbonyl (C=O) groups excluding carboxylic acids is 1. The second-order valence-corrected chi connectivity index (χ2v) is 11.8. The number of rotatable bonds is 10. The second-order valence-electron chi connectivity index (χ2n) is 9.84. The number of esters is 1. The van der Waals surface area contributed by atoms with Crippen molar-refractivity contribution in [1.29, 1.82) is 0 Å². The molecule has 4 rings (SSSR count). The molecule has 206 valence electrons. The van der Waals surface area contributed by atoms with E-state index in [0.717, 1.165) is 41.8 Å². The highest BCUT2D eigenvalue weighted by Crippen LogP contribution is 2.57. The van der Waals surface area contributed by atoms with Gasteiger partial charge in [-0.1, -0.05) is 30.3 Å². The van der Waals surface area contributed by atoms with Gasteiger partial charge in [0.15, 0.2) is 0 Å². The van der Waals surface area contributed by atoms with Gasteiger partial charge in [0.2, 0.25) is 0 Å². The van der Waals surface area contributed by atoms with Crippen LogP contribution in [-0.2, 0) is 29.0 Å². The molecule has 0 aliphatic carbocycles. The third-order valence-corrected chi connectivity index (χ3v) is 8.93. The summed E-state index contributed by atoms with van der Waals surface area (Å²) in [7, 11) is -3.25. The molecule has 0 fully saturated rings. The Hall–Kier alpha value is -2.85. The summed E-state index contributed by atoms with van der Waals surface area (Å²) in [6.45, 7) is 9.77. The first kappa shape index (κ1) is 28.2. The lowest BCUT2D eigenvalue weighted by Crippen LogP contribution is -2.33. The van der Waals surface area contributed by atoms with E-state index in [0.29, 0.717) is 30.3 Å². The number of imidazole rings is 1. The van der Waals surface area contributed by atoms with Crippen molar-refractivity contribution in [1.82, 2.24) is 13.9 Å². The number of aryl methyl sites for hydroxylation is 3. The minimum atomic E-state index is -3.25. The molecule has 38 heavy (non-hydrogen) atoms. The minimum absolute atomic E-state index is 0.0485. The number of carbonyl (C=O) groups is 1. The van der Waals surface area contributed by atoms with Crippen LogP contribution in [0.3, 0.4) is 0 Å². The highest BCUT2D eigenvalue weighted by atomic mass is 32.3. The maximum Gasteiger partial charge on any atom is 0.306 e. The van der Waals surface area contributed by atoms with Gasteiger partial charge in [-0.2, -0.15) is 4.31 Å². The van der Waals surface area contributed by atoms with Crippen LogP contribution >= 0.6 is 10.8 Å². The van der Waals surface area contributed by atoms with Crippen LogP contribution in [0.2, 0.25) is 0 Å². The van der Waals surface area contributed by atoms with Gasteiger partial charge >= 0.3 is 5.97 Å². The van der Waals surface area contributed by atoms with Gasteiger partial charge in [0.05, 0.1) is 31.6 Å². The molecule has 0 radical (unpaired) electrons. The molecule has 1 aliphatic rings. The van der Waals surface area contributed by atoms with Crippen molar-refractivity contribution in [2.24, 2.45) is 0 Å². The van der Waals surface area contributed by atoms with Crippen molar-refractivity contribution >= 4 is 16.7 Å². The fraction of sp³-hybridized carbons (Fsp3) is 0.448. The quantitative estimate of drug-likeness (QED) is 0.296. The third-order valence-electron chi connectivity index (χ3n) is 7.00. The van der Waals surface area contributed by atoms with E-state index < -0.39 is 10.8 Å². The number of ether oxygens (including phenoxy) is 2. The Bertz CT molecular complexity index is 1240. The molecule has 2 unspecified atom stereocenters. The van der Waals surface area contributed by atoms with E-state index in [1.54, 1.807) is 22.5 Å². The number of benzene rings is 2. The predicted octanol–water partition coefficient (Wildman–Crippen LogP) is 6.19. The summed E-state index contributed by atoms with van der Waals surface area (Å²) in [6, 6.07) is 13.3. The van der Waals surface area contributed by atoms with Gasteiger partial charge in [-0.15, -0.1) is 10.8 Å². The topological polar surface area (TPSA) is 97.1 Å². The van der Waals surface area contributed by atoms with E-state index in [1.807, 2.05) is 50.0 Å². The third kappa shape index (κ3) is 6.58. The van der Waals surface area contributed by atoms with Crippen molar-refractivity contribution in [3.05, 3.63) is 77.4 Å². The van der Waals surface area contributed by atoms with Crippen LogP contribution in [0.5, 0.6) is 5.75 Å². The van der Waals surface area contributed by atoms with Crippen molar-refractivity contribution in [2.45, 2.75) is 77.0 Å². The Balaban J connectivity index is 1.60. The first-order valence-corrected chi connectivity index (χ1v) is 14.8. The molecule has 1 aliphatic heterocycles. The van der Waals surface area contributed by atoms with Gasteiger partial charge in [-0.05, 0) is 75.3 Å². The van der Waals surface area contributed by atoms with E-state index in [9.17, 15) is 13.9 Å². The van der Waals surface area contributed by atoms with E-state index >= 15 is 0 Å². The Morgan fingerprint density at radius 3 is 2.76 bits per heavy atom. The van der Waals surface area contributed by atoms with Gasteiger partial charge in [0.1, 0.15) is 16.7 Å². The van der Waals surface area contributed by atoms with E-state index in [2.05, 4.69) is 24.0 Å². The number of para-hydroxylation sites is 1. The lowest BCUT2D eigenvalue weighted by Gasteiger charge is -2.42. The summed E-state index contributed by atoms with van der Waals surface area (Å²) in [5, 5.41) is 0. The van der Waals surface area contributed by atoms with Crippen LogP contribution < -0.4 is 4.74 Å². The Labute approximate surface area is 227 Å². The first-order valence-electron chi connectivity index (χ1n) is 13.3. The molecule has 0 saturated carbocycles. The molecule has 9 heteroatoms. The van der Waals surface area contributed by atoms with Crippen LogP contribution in [0.25, 0.3) is 0 Å². The lowest BCUT2D eigenvalue weighted by molar-refractivity contribution is -0.143. The fourth-order valence-corrected chi connectivity index (χ4v) is 6.52. The summed E-state index contributed by atoms with van der Waals surface area (Å²) in [4.78, 5) is 17.4. The zero-order chi connectivity index (χ0) is 27.3. The van der Waals surface area contributed by atoms with Gasteiger partial charge in [-0.3, -0.25) is 13.9 Å². The molecular formula is C29H39N3O5S. The van der Waals surface area contributed by atoms with Crippen molar-refractivity contribution in [2.75, 3.05) is 13.2 Å². The maximum atomic E-state index is 12.5. The van der Waals surface area contributed by atoms with Crippen molar-refractivity contribution < 1.29 is 23.4 Å². The number of hydrogen-bond acceptors (Lipinski definition) is 7. The summed E-state index contributed by atoms with van der Waals surface area (Å²) in [5.74, 6) is 0.239. The van der Waals surface area contributed by atoms with Gasteiger partial charge in [0.25, 0.3) is 0 Å². The smallest absolute Gasteiger partial charge is 0.306 e. The molecule has 2 N–H and O–H groups in total. The average molecular weight is 542 g/mol. The number of fused-ring (bicyclic) bond motifs is 1. The molecule has 1 aromatic heterocycles. The molecule has 2 aromatic carbocycles. The monoisotopic (exact) mass is 541 g/mol. The molecule has 0 saturated heterocycles. The van der Waals surface area contributed by atoms with Crippen LogP contribution in [-0.4, -0.2) is 48.2 Å². The van der Waals surface area contributed by atoms with Crippen molar-refractivity contribution in [3.63, 3.8) is 0 Å². The number of hydrogen-bond donors (Lipinski definition) is 2. The SMILES string of the molecule is CCOC(=O)CC(CCc1cn(CC)cn1)c1ccc(C)c(CN2CC(C)Oc3ccccc3S2(O)O)c1. The summed E-state index contributed by atoms with van der Waals surface area (Å²) in [6.07, 6.45) is 5.45. The first-order chi connectivity index (χ1) is 18.2. The maximum absolute atomic E-state index is 12.5. The second kappa shape index (κ2) is 12.3. The molecule has 0 amide bonds. The molecule has 0 spiro atoms.